The van der Waals surface area contributed by atoms with Gasteiger partial charge in [-0.15, -0.1) is 0 Å². The quantitative estimate of drug-likeness (QED) is 0.677. The van der Waals surface area contributed by atoms with Crippen LogP contribution in [0.5, 0.6) is 0 Å². The molecule has 2 atom stereocenters. The van der Waals surface area contributed by atoms with Crippen LogP contribution < -0.4 is 5.32 Å². The lowest BCUT2D eigenvalue weighted by Gasteiger charge is -2.27. The summed E-state index contributed by atoms with van der Waals surface area (Å²) < 4.78 is 5.47. The van der Waals surface area contributed by atoms with E-state index in [4.69, 9.17) is 4.74 Å². The second kappa shape index (κ2) is 6.09. The number of carbonyl (C=O) groups excluding carboxylic acids is 1. The van der Waals surface area contributed by atoms with Crippen molar-refractivity contribution in [3.63, 3.8) is 0 Å². The maximum atomic E-state index is 12.6. The first-order chi connectivity index (χ1) is 9.97. The molecule has 1 aliphatic rings. The maximum absolute atomic E-state index is 12.6. The summed E-state index contributed by atoms with van der Waals surface area (Å²) in [6.45, 7) is 2.55. The van der Waals surface area contributed by atoms with Crippen LogP contribution in [0.4, 0.5) is 11.4 Å². The zero-order chi connectivity index (χ0) is 15.6. The van der Waals surface area contributed by atoms with Crippen molar-refractivity contribution in [3.8, 4) is 0 Å². The van der Waals surface area contributed by atoms with Gasteiger partial charge in [0.05, 0.1) is 22.6 Å². The van der Waals surface area contributed by atoms with Crippen LogP contribution in [-0.4, -0.2) is 48.6 Å². The van der Waals surface area contributed by atoms with Crippen molar-refractivity contribution in [1.82, 2.24) is 4.90 Å². The second-order valence-electron chi connectivity index (χ2n) is 5.05. The number of hydrogen-bond donors (Lipinski definition) is 1. The number of nitrogens with one attached hydrogen (secondary N) is 1. The Morgan fingerprint density at radius 3 is 2.76 bits per heavy atom. The van der Waals surface area contributed by atoms with Gasteiger partial charge in [0.15, 0.2) is 0 Å². The van der Waals surface area contributed by atoms with Crippen molar-refractivity contribution in [2.24, 2.45) is 0 Å². The number of benzene rings is 1. The van der Waals surface area contributed by atoms with Crippen molar-refractivity contribution in [1.29, 1.82) is 0 Å². The lowest BCUT2D eigenvalue weighted by Crippen LogP contribution is -2.41. The molecule has 2 rings (SSSR count). The highest BCUT2D eigenvalue weighted by atomic mass is 16.6. The molecular formula is C14H19N3O4. The number of nitro groups is 1. The van der Waals surface area contributed by atoms with E-state index in [1.165, 1.54) is 12.1 Å². The van der Waals surface area contributed by atoms with Crippen LogP contribution in [0.25, 0.3) is 0 Å². The number of para-hydroxylation sites is 1. The Hall–Kier alpha value is -2.15. The SMILES string of the molecule is CNc1c(C(=O)N(C)C2CCOC2C)cccc1[N+](=O)[O-]. The molecule has 0 spiro atoms. The summed E-state index contributed by atoms with van der Waals surface area (Å²) >= 11 is 0. The molecule has 1 saturated heterocycles. The van der Waals surface area contributed by atoms with Crippen LogP contribution in [0.2, 0.25) is 0 Å². The molecule has 0 saturated carbocycles. The molecule has 21 heavy (non-hydrogen) atoms. The van der Waals surface area contributed by atoms with Crippen molar-refractivity contribution in [2.45, 2.75) is 25.5 Å². The Kier molecular flexibility index (Phi) is 4.42. The minimum atomic E-state index is -0.496. The number of rotatable bonds is 4. The van der Waals surface area contributed by atoms with E-state index in [1.807, 2.05) is 6.92 Å². The largest absolute Gasteiger partial charge is 0.382 e. The van der Waals surface area contributed by atoms with Gasteiger partial charge in [0.2, 0.25) is 0 Å². The molecular weight excluding hydrogens is 274 g/mol. The molecule has 1 aromatic carbocycles. The fraction of sp³-hybridized carbons (Fsp3) is 0.500. The number of ether oxygens (including phenoxy) is 1. The Morgan fingerprint density at radius 1 is 1.52 bits per heavy atom. The van der Waals surface area contributed by atoms with Gasteiger partial charge in [-0.05, 0) is 19.4 Å². The van der Waals surface area contributed by atoms with E-state index < -0.39 is 4.92 Å². The molecule has 1 heterocycles. The van der Waals surface area contributed by atoms with Crippen LogP contribution in [0.15, 0.2) is 18.2 Å². The summed E-state index contributed by atoms with van der Waals surface area (Å²) in [7, 11) is 3.27. The number of anilines is 1. The zero-order valence-corrected chi connectivity index (χ0v) is 12.3. The van der Waals surface area contributed by atoms with E-state index >= 15 is 0 Å². The first kappa shape index (κ1) is 15.2. The summed E-state index contributed by atoms with van der Waals surface area (Å²) in [6.07, 6.45) is 0.739. The van der Waals surface area contributed by atoms with E-state index in [2.05, 4.69) is 5.32 Å². The molecule has 0 bridgehead atoms. The average molecular weight is 293 g/mol. The van der Waals surface area contributed by atoms with Gasteiger partial charge < -0.3 is 15.0 Å². The zero-order valence-electron chi connectivity index (χ0n) is 12.3. The van der Waals surface area contributed by atoms with E-state index in [1.54, 1.807) is 25.1 Å². The smallest absolute Gasteiger partial charge is 0.293 e. The molecule has 0 aromatic heterocycles. The third kappa shape index (κ3) is 2.82. The Morgan fingerprint density at radius 2 is 2.24 bits per heavy atom. The van der Waals surface area contributed by atoms with Crippen LogP contribution in [0.3, 0.4) is 0 Å². The lowest BCUT2D eigenvalue weighted by molar-refractivity contribution is -0.384. The van der Waals surface area contributed by atoms with Gasteiger partial charge in [0, 0.05) is 26.8 Å². The van der Waals surface area contributed by atoms with Gasteiger partial charge in [-0.25, -0.2) is 0 Å². The fourth-order valence-electron chi connectivity index (χ4n) is 2.70. The number of likely N-dealkylation sites (N-methyl/N-ethyl adjacent to an activating group) is 1. The first-order valence-electron chi connectivity index (χ1n) is 6.81. The maximum Gasteiger partial charge on any atom is 0.293 e. The highest BCUT2D eigenvalue weighted by Crippen LogP contribution is 2.30. The molecule has 1 aliphatic heterocycles. The predicted octanol–water partition coefficient (Wildman–Crippen LogP) is 1.89. The van der Waals surface area contributed by atoms with Gasteiger partial charge in [-0.3, -0.25) is 14.9 Å². The van der Waals surface area contributed by atoms with Crippen LogP contribution in [0, 0.1) is 10.1 Å². The summed E-state index contributed by atoms with van der Waals surface area (Å²) in [5.41, 5.74) is 0.437. The molecule has 114 valence electrons. The Balaban J connectivity index is 2.34. The Bertz CT molecular complexity index is 561. The normalized spacial score (nSPS) is 21.1. The molecule has 0 radical (unpaired) electrons. The molecule has 7 nitrogen and oxygen atoms in total. The second-order valence-corrected chi connectivity index (χ2v) is 5.05. The van der Waals surface area contributed by atoms with Gasteiger partial charge in [-0.2, -0.15) is 0 Å². The standard InChI is InChI=1S/C14H19N3O4/c1-9-11(7-8-21-9)16(3)14(18)10-5-4-6-12(17(19)20)13(10)15-2/h4-6,9,11,15H,7-8H2,1-3H3. The molecule has 0 aliphatic carbocycles. The predicted molar refractivity (Wildman–Crippen MR) is 78.6 cm³/mol. The summed E-state index contributed by atoms with van der Waals surface area (Å²) in [6, 6.07) is 4.48. The van der Waals surface area contributed by atoms with E-state index in [9.17, 15) is 14.9 Å². The highest BCUT2D eigenvalue weighted by Gasteiger charge is 2.32. The van der Waals surface area contributed by atoms with Gasteiger partial charge in [-0.1, -0.05) is 6.07 Å². The van der Waals surface area contributed by atoms with E-state index in [-0.39, 0.29) is 29.4 Å². The van der Waals surface area contributed by atoms with Crippen molar-refractivity contribution < 1.29 is 14.5 Å². The number of nitrogens with zero attached hydrogens (tertiary/aromatic N) is 2. The van der Waals surface area contributed by atoms with Crippen LogP contribution in [-0.2, 0) is 4.74 Å². The van der Waals surface area contributed by atoms with Crippen molar-refractivity contribution in [3.05, 3.63) is 33.9 Å². The van der Waals surface area contributed by atoms with Crippen molar-refractivity contribution >= 4 is 17.3 Å². The highest BCUT2D eigenvalue weighted by molar-refractivity contribution is 6.01. The van der Waals surface area contributed by atoms with Gasteiger partial charge >= 0.3 is 0 Å². The Labute approximate surface area is 123 Å². The molecule has 1 fully saturated rings. The van der Waals surface area contributed by atoms with Crippen LogP contribution in [0.1, 0.15) is 23.7 Å². The number of amides is 1. The number of hydrogen-bond acceptors (Lipinski definition) is 5. The minimum Gasteiger partial charge on any atom is -0.382 e. The summed E-state index contributed by atoms with van der Waals surface area (Å²) in [4.78, 5) is 24.8. The van der Waals surface area contributed by atoms with Gasteiger partial charge in [0.25, 0.3) is 11.6 Å². The molecule has 2 unspecified atom stereocenters. The number of nitro benzene ring substituents is 1. The molecule has 1 amide bonds. The number of carbonyl (C=O) groups is 1. The van der Waals surface area contributed by atoms with E-state index in [0.29, 0.717) is 12.2 Å². The van der Waals surface area contributed by atoms with Crippen LogP contribution >= 0.6 is 0 Å². The van der Waals surface area contributed by atoms with E-state index in [0.717, 1.165) is 6.42 Å². The minimum absolute atomic E-state index is 0.0125. The first-order valence-corrected chi connectivity index (χ1v) is 6.81. The third-order valence-corrected chi connectivity index (χ3v) is 3.87. The molecule has 1 aromatic rings. The fourth-order valence-corrected chi connectivity index (χ4v) is 2.70. The molecule has 7 heteroatoms. The summed E-state index contributed by atoms with van der Waals surface area (Å²) in [5.74, 6) is -0.245. The summed E-state index contributed by atoms with van der Waals surface area (Å²) in [5, 5.41) is 13.8. The topological polar surface area (TPSA) is 84.7 Å². The average Bonchev–Trinajstić information content (AvgIpc) is 2.90. The van der Waals surface area contributed by atoms with Crippen molar-refractivity contribution in [2.75, 3.05) is 26.0 Å². The monoisotopic (exact) mass is 293 g/mol. The third-order valence-electron chi connectivity index (χ3n) is 3.87. The lowest BCUT2D eigenvalue weighted by atomic mass is 10.1. The molecule has 1 N–H and O–H groups in total. The van der Waals surface area contributed by atoms with Gasteiger partial charge in [0.1, 0.15) is 5.69 Å².